The van der Waals surface area contributed by atoms with E-state index in [0.717, 1.165) is 11.6 Å². The van der Waals surface area contributed by atoms with Crippen LogP contribution in [-0.4, -0.2) is 58.4 Å². The van der Waals surface area contributed by atoms with Crippen LogP contribution in [0.2, 0.25) is 0 Å². The Morgan fingerprint density at radius 2 is 1.92 bits per heavy atom. The third-order valence-corrected chi connectivity index (χ3v) is 6.24. The van der Waals surface area contributed by atoms with Crippen LogP contribution in [-0.2, 0) is 9.59 Å². The molecule has 3 N–H and O–H groups in total. The number of aromatic amines is 1. The van der Waals surface area contributed by atoms with E-state index in [1.165, 1.54) is 23.2 Å². The molecule has 3 amide bonds. The van der Waals surface area contributed by atoms with Crippen molar-refractivity contribution in [2.45, 2.75) is 6.42 Å². The van der Waals surface area contributed by atoms with Crippen LogP contribution in [0.4, 0.5) is 10.1 Å². The summed E-state index contributed by atoms with van der Waals surface area (Å²) in [4.78, 5) is 42.1. The van der Waals surface area contributed by atoms with Crippen molar-refractivity contribution < 1.29 is 23.5 Å². The zero-order valence-corrected chi connectivity index (χ0v) is 20.0. The van der Waals surface area contributed by atoms with Crippen LogP contribution in [0.3, 0.4) is 0 Å². The van der Waals surface area contributed by atoms with Gasteiger partial charge >= 0.3 is 0 Å². The topological polar surface area (TPSA) is 129 Å². The number of hydrogen-bond acceptors (Lipinski definition) is 6. The van der Waals surface area contributed by atoms with Gasteiger partial charge in [-0.05, 0) is 36.8 Å². The molecule has 37 heavy (non-hydrogen) atoms. The lowest BCUT2D eigenvalue weighted by Gasteiger charge is -2.13. The summed E-state index contributed by atoms with van der Waals surface area (Å²) in [7, 11) is 3.20. The molecule has 2 aromatic heterocycles. The van der Waals surface area contributed by atoms with E-state index >= 15 is 0 Å². The normalized spacial score (nSPS) is 15.2. The lowest BCUT2D eigenvalue weighted by atomic mass is 10.1. The summed E-state index contributed by atoms with van der Waals surface area (Å²) in [5.41, 5.74) is 2.43. The third-order valence-electron chi connectivity index (χ3n) is 6.24. The van der Waals surface area contributed by atoms with Crippen LogP contribution < -0.4 is 15.4 Å². The van der Waals surface area contributed by atoms with Gasteiger partial charge in [0.25, 0.3) is 5.91 Å². The van der Waals surface area contributed by atoms with Gasteiger partial charge in [-0.1, -0.05) is 12.1 Å². The predicted molar refractivity (Wildman–Crippen MR) is 134 cm³/mol. The van der Waals surface area contributed by atoms with Crippen LogP contribution in [0, 0.1) is 11.7 Å². The average Bonchev–Trinajstić information content (AvgIpc) is 3.49. The number of ether oxygens (including phenoxy) is 1. The summed E-state index contributed by atoms with van der Waals surface area (Å²) in [6, 6.07) is 12.5. The summed E-state index contributed by atoms with van der Waals surface area (Å²) in [5.74, 6) is -2.15. The number of likely N-dealkylation sites (tertiary alicyclic amines) is 1. The van der Waals surface area contributed by atoms with Crippen molar-refractivity contribution in [3.8, 4) is 22.8 Å². The highest BCUT2D eigenvalue weighted by Crippen LogP contribution is 2.36. The summed E-state index contributed by atoms with van der Waals surface area (Å²) in [6.07, 6.45) is 1.92. The number of benzene rings is 2. The van der Waals surface area contributed by atoms with E-state index in [1.54, 1.807) is 44.4 Å². The Balaban J connectivity index is 1.39. The van der Waals surface area contributed by atoms with Crippen molar-refractivity contribution in [3.05, 3.63) is 66.1 Å². The maximum Gasteiger partial charge on any atom is 0.251 e. The zero-order valence-electron chi connectivity index (χ0n) is 20.0. The van der Waals surface area contributed by atoms with Gasteiger partial charge in [-0.3, -0.25) is 19.5 Å². The molecule has 0 spiro atoms. The maximum atomic E-state index is 15.0. The van der Waals surface area contributed by atoms with Crippen LogP contribution >= 0.6 is 0 Å². The number of carbonyl (C=O) groups excluding carboxylic acids is 3. The molecule has 11 heteroatoms. The number of nitrogens with zero attached hydrogens (tertiary/aromatic N) is 3. The van der Waals surface area contributed by atoms with Gasteiger partial charge in [0.05, 0.1) is 11.1 Å². The largest absolute Gasteiger partial charge is 0.453 e. The molecule has 10 nitrogen and oxygen atoms in total. The Labute approximate surface area is 210 Å². The van der Waals surface area contributed by atoms with Gasteiger partial charge in [-0.25, -0.2) is 9.37 Å². The second kappa shape index (κ2) is 9.69. The first-order chi connectivity index (χ1) is 17.9. The highest BCUT2D eigenvalue weighted by Gasteiger charge is 2.35. The molecule has 1 aliphatic rings. The number of carbonyl (C=O) groups is 3. The fourth-order valence-electron chi connectivity index (χ4n) is 4.22. The van der Waals surface area contributed by atoms with Gasteiger partial charge in [-0.2, -0.15) is 5.10 Å². The fourth-order valence-corrected chi connectivity index (χ4v) is 4.22. The number of halogens is 1. The molecule has 1 atom stereocenters. The number of nitrogens with one attached hydrogen (secondary N) is 3. The van der Waals surface area contributed by atoms with E-state index in [-0.39, 0.29) is 23.3 Å². The minimum atomic E-state index is -0.779. The van der Waals surface area contributed by atoms with E-state index in [0.29, 0.717) is 41.0 Å². The van der Waals surface area contributed by atoms with Crippen molar-refractivity contribution in [2.24, 2.45) is 5.92 Å². The van der Waals surface area contributed by atoms with Gasteiger partial charge in [0.15, 0.2) is 17.2 Å². The summed E-state index contributed by atoms with van der Waals surface area (Å²) in [5, 5.41) is 12.9. The quantitative estimate of drug-likeness (QED) is 0.347. The van der Waals surface area contributed by atoms with Crippen molar-refractivity contribution in [1.29, 1.82) is 0 Å². The molecule has 1 saturated heterocycles. The monoisotopic (exact) mass is 502 g/mol. The second-order valence-corrected chi connectivity index (χ2v) is 8.60. The van der Waals surface area contributed by atoms with Crippen molar-refractivity contribution >= 4 is 34.4 Å². The number of anilines is 1. The summed E-state index contributed by atoms with van der Waals surface area (Å²) >= 11 is 0. The SMILES string of the molecule is CNC(=O)c1ccc(-c2[nH]nc3nccc(Oc4ccc(NC(=O)C5CCN(C)C5=O)cc4F)c23)cc1. The highest BCUT2D eigenvalue weighted by molar-refractivity contribution is 6.07. The van der Waals surface area contributed by atoms with Crippen molar-refractivity contribution in [1.82, 2.24) is 25.4 Å². The summed E-state index contributed by atoms with van der Waals surface area (Å²) in [6.45, 7) is 0.507. The van der Waals surface area contributed by atoms with Gasteiger partial charge < -0.3 is 20.3 Å². The zero-order chi connectivity index (χ0) is 26.1. The number of amides is 3. The number of aromatic nitrogens is 3. The molecule has 5 rings (SSSR count). The van der Waals surface area contributed by atoms with E-state index in [4.69, 9.17) is 4.74 Å². The Morgan fingerprint density at radius 1 is 1.14 bits per heavy atom. The Bertz CT molecular complexity index is 1520. The van der Waals surface area contributed by atoms with E-state index in [2.05, 4.69) is 25.8 Å². The molecule has 2 aromatic carbocycles. The molecule has 188 valence electrons. The van der Waals surface area contributed by atoms with E-state index in [1.807, 2.05) is 0 Å². The van der Waals surface area contributed by atoms with Crippen LogP contribution in [0.15, 0.2) is 54.7 Å². The predicted octanol–water partition coefficient (Wildman–Crippen LogP) is 3.33. The van der Waals surface area contributed by atoms with Crippen LogP contribution in [0.5, 0.6) is 11.5 Å². The molecule has 1 fully saturated rings. The van der Waals surface area contributed by atoms with Crippen LogP contribution in [0.25, 0.3) is 22.3 Å². The van der Waals surface area contributed by atoms with Crippen LogP contribution in [0.1, 0.15) is 16.8 Å². The standard InChI is InChI=1S/C26H23FN6O4/c1-28-24(34)15-5-3-14(4-6-15)22-21-20(9-11-29-23(21)32-31-22)37-19-8-7-16(13-18(19)27)30-25(35)17-10-12-33(2)26(17)36/h3-9,11,13,17H,10,12H2,1-2H3,(H,28,34)(H,30,35)(H,29,31,32). The summed E-state index contributed by atoms with van der Waals surface area (Å²) < 4.78 is 20.9. The number of pyridine rings is 1. The Hall–Kier alpha value is -4.80. The molecule has 0 aliphatic carbocycles. The van der Waals surface area contributed by atoms with Crippen molar-refractivity contribution in [2.75, 3.05) is 26.0 Å². The maximum absolute atomic E-state index is 15.0. The minimum absolute atomic E-state index is 0.0655. The fraction of sp³-hybridized carbons (Fsp3) is 0.192. The molecule has 1 unspecified atom stereocenters. The Kier molecular flexibility index (Phi) is 6.26. The first kappa shape index (κ1) is 23.9. The lowest BCUT2D eigenvalue weighted by molar-refractivity contribution is -0.134. The van der Waals surface area contributed by atoms with Gasteiger partial charge in [0, 0.05) is 49.7 Å². The first-order valence-corrected chi connectivity index (χ1v) is 11.5. The number of rotatable bonds is 6. The minimum Gasteiger partial charge on any atom is -0.453 e. The number of H-pyrrole nitrogens is 1. The van der Waals surface area contributed by atoms with E-state index in [9.17, 15) is 18.8 Å². The molecule has 1 aliphatic heterocycles. The Morgan fingerprint density at radius 3 is 2.59 bits per heavy atom. The number of fused-ring (bicyclic) bond motifs is 1. The lowest BCUT2D eigenvalue weighted by Crippen LogP contribution is -2.30. The van der Waals surface area contributed by atoms with Gasteiger partial charge in [0.2, 0.25) is 11.8 Å². The number of hydrogen-bond donors (Lipinski definition) is 3. The smallest absolute Gasteiger partial charge is 0.251 e. The van der Waals surface area contributed by atoms with Crippen molar-refractivity contribution in [3.63, 3.8) is 0 Å². The second-order valence-electron chi connectivity index (χ2n) is 8.60. The van der Waals surface area contributed by atoms with Gasteiger partial charge in [-0.15, -0.1) is 0 Å². The molecular formula is C26H23FN6O4. The first-order valence-electron chi connectivity index (χ1n) is 11.5. The molecule has 0 radical (unpaired) electrons. The molecule has 4 aromatic rings. The third kappa shape index (κ3) is 4.58. The highest BCUT2D eigenvalue weighted by atomic mass is 19.1. The average molecular weight is 503 g/mol. The molecule has 3 heterocycles. The van der Waals surface area contributed by atoms with Gasteiger partial charge in [0.1, 0.15) is 11.7 Å². The molecule has 0 saturated carbocycles. The van der Waals surface area contributed by atoms with E-state index < -0.39 is 17.6 Å². The molecule has 0 bridgehead atoms. The molecular weight excluding hydrogens is 479 g/mol.